The van der Waals surface area contributed by atoms with Crippen LogP contribution in [0.25, 0.3) is 0 Å². The topological polar surface area (TPSA) is 91.8 Å². The molecule has 0 aromatic rings. The Kier molecular flexibility index (Phi) is 3.61. The number of carboxylic acids is 1. The van der Waals surface area contributed by atoms with Crippen LogP contribution in [0.3, 0.4) is 0 Å². The van der Waals surface area contributed by atoms with Gasteiger partial charge in [0.25, 0.3) is 0 Å². The van der Waals surface area contributed by atoms with Gasteiger partial charge >= 0.3 is 5.97 Å². The third-order valence-electron chi connectivity index (χ3n) is 3.74. The van der Waals surface area contributed by atoms with Crippen molar-refractivity contribution >= 4 is 21.7 Å². The molecule has 2 aliphatic heterocycles. The Morgan fingerprint density at radius 1 is 1.06 bits per heavy atom. The zero-order valence-corrected chi connectivity index (χ0v) is 10.9. The minimum absolute atomic E-state index is 0.0509. The van der Waals surface area contributed by atoms with Gasteiger partial charge in [-0.15, -0.1) is 0 Å². The molecule has 2 heterocycles. The Morgan fingerprint density at radius 3 is 2.11 bits per heavy atom. The molecule has 0 saturated carbocycles. The van der Waals surface area contributed by atoms with Crippen LogP contribution in [0.15, 0.2) is 0 Å². The van der Waals surface area contributed by atoms with E-state index in [1.165, 1.54) is 0 Å². The van der Waals surface area contributed by atoms with Gasteiger partial charge in [-0.3, -0.25) is 9.59 Å². The van der Waals surface area contributed by atoms with Crippen LogP contribution in [0.4, 0.5) is 0 Å². The molecule has 102 valence electrons. The molecule has 0 aromatic carbocycles. The third-order valence-corrected chi connectivity index (χ3v) is 5.51. The lowest BCUT2D eigenvalue weighted by Gasteiger charge is -2.31. The summed E-state index contributed by atoms with van der Waals surface area (Å²) in [5.41, 5.74) is 0. The summed E-state index contributed by atoms with van der Waals surface area (Å²) >= 11 is 0. The van der Waals surface area contributed by atoms with E-state index in [4.69, 9.17) is 5.11 Å². The molecule has 7 heteroatoms. The van der Waals surface area contributed by atoms with Gasteiger partial charge in [-0.1, -0.05) is 0 Å². The highest BCUT2D eigenvalue weighted by atomic mass is 32.2. The Hall–Kier alpha value is -1.11. The van der Waals surface area contributed by atoms with Gasteiger partial charge in [0.2, 0.25) is 5.91 Å². The first kappa shape index (κ1) is 13.3. The van der Waals surface area contributed by atoms with E-state index in [9.17, 15) is 18.0 Å². The van der Waals surface area contributed by atoms with Crippen LogP contribution in [0.2, 0.25) is 0 Å². The second kappa shape index (κ2) is 4.87. The number of rotatable bonds is 2. The fourth-order valence-electron chi connectivity index (χ4n) is 2.59. The lowest BCUT2D eigenvalue weighted by atomic mass is 9.96. The zero-order valence-electron chi connectivity index (χ0n) is 10.0. The first-order chi connectivity index (χ1) is 8.39. The van der Waals surface area contributed by atoms with Crippen molar-refractivity contribution in [3.63, 3.8) is 0 Å². The van der Waals surface area contributed by atoms with E-state index < -0.39 is 21.7 Å². The highest BCUT2D eigenvalue weighted by Gasteiger charge is 2.37. The van der Waals surface area contributed by atoms with Crippen LogP contribution >= 0.6 is 0 Å². The fraction of sp³-hybridized carbons (Fsp3) is 0.818. The Balaban J connectivity index is 1.90. The van der Waals surface area contributed by atoms with Crippen molar-refractivity contribution in [1.29, 1.82) is 0 Å². The van der Waals surface area contributed by atoms with E-state index in [-0.39, 0.29) is 23.3 Å². The summed E-state index contributed by atoms with van der Waals surface area (Å²) in [5, 5.41) is 8.86. The van der Waals surface area contributed by atoms with Crippen LogP contribution in [0, 0.1) is 11.8 Å². The van der Waals surface area contributed by atoms with E-state index in [0.29, 0.717) is 32.4 Å². The normalized spacial score (nSPS) is 28.2. The van der Waals surface area contributed by atoms with Crippen molar-refractivity contribution in [3.8, 4) is 0 Å². The number of carbonyl (C=O) groups excluding carboxylic acids is 1. The molecular formula is C11H17NO5S. The lowest BCUT2D eigenvalue weighted by Crippen LogP contribution is -2.43. The molecule has 0 spiro atoms. The van der Waals surface area contributed by atoms with Gasteiger partial charge < -0.3 is 10.0 Å². The number of sulfone groups is 1. The average Bonchev–Trinajstić information content (AvgIpc) is 2.69. The number of hydrogen-bond donors (Lipinski definition) is 1. The van der Waals surface area contributed by atoms with Gasteiger partial charge in [-0.25, -0.2) is 8.42 Å². The van der Waals surface area contributed by atoms with E-state index in [1.807, 2.05) is 0 Å². The van der Waals surface area contributed by atoms with Crippen LogP contribution in [-0.4, -0.2) is 54.9 Å². The molecule has 2 aliphatic rings. The number of aliphatic carboxylic acids is 1. The Labute approximate surface area is 106 Å². The lowest BCUT2D eigenvalue weighted by molar-refractivity contribution is -0.146. The first-order valence-electron chi connectivity index (χ1n) is 6.11. The Bertz CT molecular complexity index is 450. The molecular weight excluding hydrogens is 258 g/mol. The molecule has 1 unspecified atom stereocenters. The van der Waals surface area contributed by atoms with Gasteiger partial charge in [0, 0.05) is 13.1 Å². The molecule has 18 heavy (non-hydrogen) atoms. The average molecular weight is 275 g/mol. The molecule has 2 rings (SSSR count). The largest absolute Gasteiger partial charge is 0.481 e. The third kappa shape index (κ3) is 2.82. The van der Waals surface area contributed by atoms with Gasteiger partial charge in [0.05, 0.1) is 23.3 Å². The van der Waals surface area contributed by atoms with Crippen LogP contribution < -0.4 is 0 Å². The van der Waals surface area contributed by atoms with E-state index >= 15 is 0 Å². The van der Waals surface area contributed by atoms with Crippen molar-refractivity contribution in [3.05, 3.63) is 0 Å². The minimum Gasteiger partial charge on any atom is -0.481 e. The number of hydrogen-bond acceptors (Lipinski definition) is 4. The van der Waals surface area contributed by atoms with E-state index in [2.05, 4.69) is 0 Å². The standard InChI is InChI=1S/C11H17NO5S/c13-10(9-3-6-18(16,17)7-9)12-4-1-8(2-5-12)11(14)15/h8-9H,1-7H2,(H,14,15). The van der Waals surface area contributed by atoms with Crippen LogP contribution in [0.5, 0.6) is 0 Å². The quantitative estimate of drug-likeness (QED) is 0.750. The van der Waals surface area contributed by atoms with Gasteiger partial charge in [-0.2, -0.15) is 0 Å². The molecule has 2 fully saturated rings. The van der Waals surface area contributed by atoms with Crippen molar-refractivity contribution in [2.24, 2.45) is 11.8 Å². The second-order valence-electron chi connectivity index (χ2n) is 5.04. The Morgan fingerprint density at radius 2 is 1.67 bits per heavy atom. The van der Waals surface area contributed by atoms with Gasteiger partial charge in [0.15, 0.2) is 9.84 Å². The number of carbonyl (C=O) groups is 2. The molecule has 1 atom stereocenters. The van der Waals surface area contributed by atoms with Crippen LogP contribution in [-0.2, 0) is 19.4 Å². The molecule has 6 nitrogen and oxygen atoms in total. The molecule has 0 bridgehead atoms. The number of likely N-dealkylation sites (tertiary alicyclic amines) is 1. The predicted molar refractivity (Wildman–Crippen MR) is 63.7 cm³/mol. The van der Waals surface area contributed by atoms with Gasteiger partial charge in [0.1, 0.15) is 0 Å². The summed E-state index contributed by atoms with van der Waals surface area (Å²) in [7, 11) is -3.04. The molecule has 2 saturated heterocycles. The summed E-state index contributed by atoms with van der Waals surface area (Å²) in [6, 6.07) is 0. The highest BCUT2D eigenvalue weighted by molar-refractivity contribution is 7.91. The molecule has 0 radical (unpaired) electrons. The van der Waals surface area contributed by atoms with Crippen molar-refractivity contribution < 1.29 is 23.1 Å². The summed E-state index contributed by atoms with van der Waals surface area (Å²) in [5.74, 6) is -1.69. The molecule has 1 N–H and O–H groups in total. The summed E-state index contributed by atoms with van der Waals surface area (Å²) in [6.07, 6.45) is 1.32. The maximum absolute atomic E-state index is 12.1. The predicted octanol–water partition coefficient (Wildman–Crippen LogP) is -0.256. The van der Waals surface area contributed by atoms with E-state index in [1.54, 1.807) is 4.90 Å². The number of piperidine rings is 1. The number of nitrogens with zero attached hydrogens (tertiary/aromatic N) is 1. The summed E-state index contributed by atoms with van der Waals surface area (Å²) < 4.78 is 22.6. The van der Waals surface area contributed by atoms with Crippen molar-refractivity contribution in [2.45, 2.75) is 19.3 Å². The highest BCUT2D eigenvalue weighted by Crippen LogP contribution is 2.24. The van der Waals surface area contributed by atoms with Crippen LogP contribution in [0.1, 0.15) is 19.3 Å². The van der Waals surface area contributed by atoms with Crippen molar-refractivity contribution in [1.82, 2.24) is 4.90 Å². The molecule has 0 aromatic heterocycles. The monoisotopic (exact) mass is 275 g/mol. The smallest absolute Gasteiger partial charge is 0.306 e. The molecule has 0 aliphatic carbocycles. The summed E-state index contributed by atoms with van der Waals surface area (Å²) in [4.78, 5) is 24.5. The van der Waals surface area contributed by atoms with Gasteiger partial charge in [-0.05, 0) is 19.3 Å². The second-order valence-corrected chi connectivity index (χ2v) is 7.27. The minimum atomic E-state index is -3.04. The number of amides is 1. The zero-order chi connectivity index (χ0) is 13.3. The number of carboxylic acid groups (broad SMARTS) is 1. The van der Waals surface area contributed by atoms with E-state index in [0.717, 1.165) is 0 Å². The summed E-state index contributed by atoms with van der Waals surface area (Å²) in [6.45, 7) is 0.846. The van der Waals surface area contributed by atoms with Crippen molar-refractivity contribution in [2.75, 3.05) is 24.6 Å². The fourth-order valence-corrected chi connectivity index (χ4v) is 4.33. The molecule has 1 amide bonds. The maximum Gasteiger partial charge on any atom is 0.306 e. The first-order valence-corrected chi connectivity index (χ1v) is 7.93. The SMILES string of the molecule is O=C(O)C1CCN(C(=O)C2CCS(=O)(=O)C2)CC1. The maximum atomic E-state index is 12.1.